The fourth-order valence-corrected chi connectivity index (χ4v) is 3.57. The Balaban J connectivity index is 0.00000288. The summed E-state index contributed by atoms with van der Waals surface area (Å²) in [5.74, 6) is 1.86. The maximum absolute atomic E-state index is 5.43. The van der Waals surface area contributed by atoms with Crippen molar-refractivity contribution in [2.45, 2.75) is 44.9 Å². The maximum atomic E-state index is 5.43. The van der Waals surface area contributed by atoms with Crippen molar-refractivity contribution in [2.24, 2.45) is 10.9 Å². The molecule has 5 nitrogen and oxygen atoms in total. The second-order valence-electron chi connectivity index (χ2n) is 7.00. The highest BCUT2D eigenvalue weighted by atomic mass is 127. The van der Waals surface area contributed by atoms with E-state index in [1.54, 1.807) is 0 Å². The molecule has 1 N–H and O–H groups in total. The number of likely N-dealkylation sites (tertiary alicyclic amines) is 1. The second kappa shape index (κ2) is 13.2. The monoisotopic (exact) mass is 452 g/mol. The van der Waals surface area contributed by atoms with Gasteiger partial charge < -0.3 is 19.9 Å². The lowest BCUT2D eigenvalue weighted by atomic mass is 9.96. The summed E-state index contributed by atoms with van der Waals surface area (Å²) >= 11 is 0. The van der Waals surface area contributed by atoms with Crippen LogP contribution in [-0.4, -0.2) is 75.8 Å². The summed E-state index contributed by atoms with van der Waals surface area (Å²) in [5, 5.41) is 3.52. The topological polar surface area (TPSA) is 40.1 Å². The van der Waals surface area contributed by atoms with Crippen LogP contribution in [0.2, 0.25) is 0 Å². The van der Waals surface area contributed by atoms with Crippen molar-refractivity contribution in [2.75, 3.05) is 60.0 Å². The Morgan fingerprint density at radius 2 is 1.92 bits per heavy atom. The molecule has 24 heavy (non-hydrogen) atoms. The number of nitrogens with one attached hydrogen (secondary N) is 1. The van der Waals surface area contributed by atoms with Gasteiger partial charge in [-0.1, -0.05) is 0 Å². The molecule has 0 amide bonds. The van der Waals surface area contributed by atoms with E-state index in [4.69, 9.17) is 4.74 Å². The Bertz CT molecular complexity index is 342. The van der Waals surface area contributed by atoms with Crippen molar-refractivity contribution < 1.29 is 4.74 Å². The fourth-order valence-electron chi connectivity index (χ4n) is 3.57. The van der Waals surface area contributed by atoms with Crippen molar-refractivity contribution in [1.29, 1.82) is 0 Å². The van der Waals surface area contributed by atoms with Crippen molar-refractivity contribution in [3.63, 3.8) is 0 Å². The van der Waals surface area contributed by atoms with Gasteiger partial charge in [-0.3, -0.25) is 4.99 Å². The summed E-state index contributed by atoms with van der Waals surface area (Å²) in [6.45, 7) is 7.88. The van der Waals surface area contributed by atoms with Crippen molar-refractivity contribution in [3.05, 3.63) is 0 Å². The Labute approximate surface area is 165 Å². The van der Waals surface area contributed by atoms with Crippen molar-refractivity contribution >= 4 is 29.9 Å². The van der Waals surface area contributed by atoms with Gasteiger partial charge in [0.25, 0.3) is 0 Å². The maximum Gasteiger partial charge on any atom is 0.193 e. The van der Waals surface area contributed by atoms with Crippen LogP contribution in [0.1, 0.15) is 44.9 Å². The standard InChI is InChI=1S/C18H36N4O.HI/c1-19-18(20-10-3-4-11-22-12-5-6-13-22)21(2)14-7-17-8-15-23-16-9-17;/h17H,3-16H2,1-2H3,(H,19,20);1H. The number of unbranched alkanes of at least 4 members (excludes halogenated alkanes) is 1. The lowest BCUT2D eigenvalue weighted by molar-refractivity contribution is 0.0625. The Kier molecular flexibility index (Phi) is 12.0. The quantitative estimate of drug-likeness (QED) is 0.266. The first-order valence-electron chi connectivity index (χ1n) is 9.51. The van der Waals surface area contributed by atoms with Gasteiger partial charge in [-0.15, -0.1) is 24.0 Å². The van der Waals surface area contributed by atoms with Gasteiger partial charge in [-0.25, -0.2) is 0 Å². The molecule has 0 aliphatic carbocycles. The summed E-state index contributed by atoms with van der Waals surface area (Å²) in [5.41, 5.74) is 0. The van der Waals surface area contributed by atoms with Gasteiger partial charge in [-0.2, -0.15) is 0 Å². The third-order valence-corrected chi connectivity index (χ3v) is 5.17. The molecule has 2 rings (SSSR count). The summed E-state index contributed by atoms with van der Waals surface area (Å²) in [6.07, 6.45) is 8.98. The number of ether oxygens (including phenoxy) is 1. The molecule has 2 fully saturated rings. The van der Waals surface area contributed by atoms with Crippen LogP contribution >= 0.6 is 24.0 Å². The SMILES string of the molecule is CN=C(NCCCCN1CCCC1)N(C)CCC1CCOCC1.I. The van der Waals surface area contributed by atoms with Crippen LogP contribution in [0, 0.1) is 5.92 Å². The Hall–Kier alpha value is -0.0800. The van der Waals surface area contributed by atoms with Crippen LogP contribution in [-0.2, 0) is 4.74 Å². The smallest absolute Gasteiger partial charge is 0.193 e. The zero-order valence-electron chi connectivity index (χ0n) is 15.6. The van der Waals surface area contributed by atoms with Crippen LogP contribution in [0.5, 0.6) is 0 Å². The van der Waals surface area contributed by atoms with Gasteiger partial charge in [0.2, 0.25) is 0 Å². The van der Waals surface area contributed by atoms with Gasteiger partial charge in [0, 0.05) is 40.4 Å². The van der Waals surface area contributed by atoms with E-state index in [-0.39, 0.29) is 24.0 Å². The summed E-state index contributed by atoms with van der Waals surface area (Å²) in [7, 11) is 4.04. The Morgan fingerprint density at radius 1 is 1.21 bits per heavy atom. The van der Waals surface area contributed by atoms with Crippen LogP contribution in [0.25, 0.3) is 0 Å². The molecule has 2 aliphatic rings. The molecule has 142 valence electrons. The van der Waals surface area contributed by atoms with Gasteiger partial charge in [0.15, 0.2) is 5.96 Å². The van der Waals surface area contributed by atoms with Crippen LogP contribution in [0.15, 0.2) is 4.99 Å². The normalized spacial score (nSPS) is 20.0. The first-order valence-corrected chi connectivity index (χ1v) is 9.51. The number of rotatable bonds is 8. The largest absolute Gasteiger partial charge is 0.381 e. The van der Waals surface area contributed by atoms with Crippen molar-refractivity contribution in [1.82, 2.24) is 15.1 Å². The van der Waals surface area contributed by atoms with E-state index in [1.165, 1.54) is 64.6 Å². The molecular weight excluding hydrogens is 415 g/mol. The van der Waals surface area contributed by atoms with E-state index in [9.17, 15) is 0 Å². The first-order chi connectivity index (χ1) is 11.3. The molecule has 0 aromatic heterocycles. The molecule has 0 aromatic rings. The summed E-state index contributed by atoms with van der Waals surface area (Å²) < 4.78 is 5.43. The lowest BCUT2D eigenvalue weighted by Gasteiger charge is -2.27. The van der Waals surface area contributed by atoms with Gasteiger partial charge in [0.05, 0.1) is 0 Å². The van der Waals surface area contributed by atoms with Gasteiger partial charge >= 0.3 is 0 Å². The molecule has 0 unspecified atom stereocenters. The van der Waals surface area contributed by atoms with E-state index in [2.05, 4.69) is 27.2 Å². The zero-order valence-corrected chi connectivity index (χ0v) is 18.0. The average Bonchev–Trinajstić information content (AvgIpc) is 3.10. The highest BCUT2D eigenvalue weighted by Crippen LogP contribution is 2.18. The minimum Gasteiger partial charge on any atom is -0.381 e. The molecule has 2 heterocycles. The fraction of sp³-hybridized carbons (Fsp3) is 0.944. The number of guanidine groups is 1. The summed E-state index contributed by atoms with van der Waals surface area (Å²) in [6, 6.07) is 0. The molecule has 0 aromatic carbocycles. The van der Waals surface area contributed by atoms with Crippen LogP contribution < -0.4 is 5.32 Å². The predicted octanol–water partition coefficient (Wildman–Crippen LogP) is 2.80. The van der Waals surface area contributed by atoms with E-state index in [0.29, 0.717) is 0 Å². The second-order valence-corrected chi connectivity index (χ2v) is 7.00. The molecule has 6 heteroatoms. The van der Waals surface area contributed by atoms with Crippen molar-refractivity contribution in [3.8, 4) is 0 Å². The molecule has 0 bridgehead atoms. The average molecular weight is 452 g/mol. The Morgan fingerprint density at radius 3 is 2.58 bits per heavy atom. The number of hydrogen-bond acceptors (Lipinski definition) is 3. The van der Waals surface area contributed by atoms with E-state index < -0.39 is 0 Å². The summed E-state index contributed by atoms with van der Waals surface area (Å²) in [4.78, 5) is 9.29. The minimum absolute atomic E-state index is 0. The van der Waals surface area contributed by atoms with E-state index in [1.807, 2.05) is 7.05 Å². The molecule has 2 aliphatic heterocycles. The number of halogens is 1. The van der Waals surface area contributed by atoms with Crippen LogP contribution in [0.4, 0.5) is 0 Å². The molecular formula is C18H37IN4O. The first kappa shape index (κ1) is 22.0. The molecule has 0 saturated carbocycles. The molecule has 0 radical (unpaired) electrons. The third-order valence-electron chi connectivity index (χ3n) is 5.17. The number of nitrogens with zero attached hydrogens (tertiary/aromatic N) is 3. The third kappa shape index (κ3) is 8.34. The highest BCUT2D eigenvalue weighted by molar-refractivity contribution is 14.0. The predicted molar refractivity (Wildman–Crippen MR) is 112 cm³/mol. The lowest BCUT2D eigenvalue weighted by Crippen LogP contribution is -2.40. The minimum atomic E-state index is 0. The molecule has 2 saturated heterocycles. The van der Waals surface area contributed by atoms with E-state index >= 15 is 0 Å². The van der Waals surface area contributed by atoms with Crippen LogP contribution in [0.3, 0.4) is 0 Å². The number of hydrogen-bond donors (Lipinski definition) is 1. The van der Waals surface area contributed by atoms with E-state index in [0.717, 1.165) is 38.2 Å². The molecule has 0 atom stereocenters. The van der Waals surface area contributed by atoms with Gasteiger partial charge in [0.1, 0.15) is 0 Å². The number of aliphatic imine (C=N–C) groups is 1. The van der Waals surface area contributed by atoms with Gasteiger partial charge in [-0.05, 0) is 70.5 Å². The zero-order chi connectivity index (χ0) is 16.3. The molecule has 0 spiro atoms. The highest BCUT2D eigenvalue weighted by Gasteiger charge is 2.15.